The molecule has 5 atom stereocenters. The van der Waals surface area contributed by atoms with Crippen LogP contribution in [0.5, 0.6) is 0 Å². The van der Waals surface area contributed by atoms with Crippen LogP contribution in [0.25, 0.3) is 0 Å². The molecule has 0 aromatic heterocycles. The molecule has 2 heterocycles. The van der Waals surface area contributed by atoms with E-state index in [4.69, 9.17) is 14.2 Å². The predicted octanol–water partition coefficient (Wildman–Crippen LogP) is -0.383. The molecule has 5 unspecified atom stereocenters. The van der Waals surface area contributed by atoms with Gasteiger partial charge in [-0.25, -0.2) is 10.4 Å². The van der Waals surface area contributed by atoms with Crippen LogP contribution < -0.4 is 21.4 Å². The highest BCUT2D eigenvalue weighted by molar-refractivity contribution is 4.94. The lowest BCUT2D eigenvalue weighted by Gasteiger charge is -2.42. The van der Waals surface area contributed by atoms with Gasteiger partial charge < -0.3 is 19.5 Å². The highest BCUT2D eigenvalue weighted by atomic mass is 16.6. The zero-order valence-electron chi connectivity index (χ0n) is 16.7. The van der Waals surface area contributed by atoms with Crippen LogP contribution in [0.1, 0.15) is 32.1 Å². The number of piperidine rings is 1. The van der Waals surface area contributed by atoms with Crippen LogP contribution in [-0.4, -0.2) is 89.2 Å². The van der Waals surface area contributed by atoms with Gasteiger partial charge in [-0.15, -0.1) is 0 Å². The van der Waals surface area contributed by atoms with Crippen LogP contribution in [0.3, 0.4) is 0 Å². The van der Waals surface area contributed by atoms with Crippen molar-refractivity contribution in [1.29, 1.82) is 0 Å². The number of ether oxygens (including phenoxy) is 3. The standard InChI is InChI=1S/C18H37N5O3/c1-23-8-6-16(22-23)20-12-5-7-19-17(11-12)21-13-9-14(24-2)18(26-4)15(10-13)25-3/h12-22H,5-11H2,1-4H3. The SMILES string of the molecule is COC1CC(NC2CC(NC3CCN(C)N3)CCN2)CC(OC)C1OC. The van der Waals surface area contributed by atoms with Crippen molar-refractivity contribution in [3.05, 3.63) is 0 Å². The number of hydrazine groups is 1. The third-order valence-electron chi connectivity index (χ3n) is 6.05. The topological polar surface area (TPSA) is 79.1 Å². The van der Waals surface area contributed by atoms with E-state index >= 15 is 0 Å². The van der Waals surface area contributed by atoms with Gasteiger partial charge in [-0.2, -0.15) is 0 Å². The lowest BCUT2D eigenvalue weighted by molar-refractivity contribution is -0.135. The summed E-state index contributed by atoms with van der Waals surface area (Å²) in [6.07, 6.45) is 6.14. The van der Waals surface area contributed by atoms with Gasteiger partial charge in [0.25, 0.3) is 0 Å². The van der Waals surface area contributed by atoms with E-state index in [1.165, 1.54) is 0 Å². The van der Waals surface area contributed by atoms with Crippen molar-refractivity contribution in [3.63, 3.8) is 0 Å². The molecule has 8 heteroatoms. The second-order valence-electron chi connectivity index (χ2n) is 7.87. The van der Waals surface area contributed by atoms with Gasteiger partial charge in [0.15, 0.2) is 0 Å². The minimum atomic E-state index is 0.00205. The van der Waals surface area contributed by atoms with Crippen LogP contribution in [0.15, 0.2) is 0 Å². The molecule has 152 valence electrons. The van der Waals surface area contributed by atoms with E-state index in [2.05, 4.69) is 33.4 Å². The molecule has 0 spiro atoms. The quantitative estimate of drug-likeness (QED) is 0.482. The smallest absolute Gasteiger partial charge is 0.109 e. The Morgan fingerprint density at radius 2 is 1.54 bits per heavy atom. The van der Waals surface area contributed by atoms with E-state index in [0.29, 0.717) is 24.4 Å². The molecule has 0 radical (unpaired) electrons. The highest BCUT2D eigenvalue weighted by Gasteiger charge is 2.39. The average Bonchev–Trinajstić information content (AvgIpc) is 3.05. The number of rotatable bonds is 7. The van der Waals surface area contributed by atoms with E-state index in [0.717, 1.165) is 45.2 Å². The third kappa shape index (κ3) is 5.14. The molecule has 4 N–H and O–H groups in total. The highest BCUT2D eigenvalue weighted by Crippen LogP contribution is 2.27. The lowest BCUT2D eigenvalue weighted by atomic mass is 9.87. The Labute approximate surface area is 157 Å². The molecule has 2 aliphatic heterocycles. The Morgan fingerprint density at radius 1 is 0.846 bits per heavy atom. The van der Waals surface area contributed by atoms with Gasteiger partial charge in [0.1, 0.15) is 6.10 Å². The summed E-state index contributed by atoms with van der Waals surface area (Å²) in [6, 6.07) is 0.896. The largest absolute Gasteiger partial charge is 0.379 e. The second kappa shape index (κ2) is 9.75. The van der Waals surface area contributed by atoms with Crippen molar-refractivity contribution < 1.29 is 14.2 Å². The summed E-state index contributed by atoms with van der Waals surface area (Å²) < 4.78 is 17.0. The first-order valence-electron chi connectivity index (χ1n) is 9.94. The first-order valence-corrected chi connectivity index (χ1v) is 9.94. The van der Waals surface area contributed by atoms with Crippen LogP contribution in [0.4, 0.5) is 0 Å². The van der Waals surface area contributed by atoms with Crippen molar-refractivity contribution >= 4 is 0 Å². The molecule has 1 aliphatic carbocycles. The number of nitrogens with zero attached hydrogens (tertiary/aromatic N) is 1. The van der Waals surface area contributed by atoms with E-state index in [9.17, 15) is 0 Å². The summed E-state index contributed by atoms with van der Waals surface area (Å²) in [5.41, 5.74) is 3.47. The van der Waals surface area contributed by atoms with Gasteiger partial charge in [0, 0.05) is 47.0 Å². The normalized spacial score (nSPS) is 42.2. The van der Waals surface area contributed by atoms with E-state index in [1.807, 2.05) is 0 Å². The maximum atomic E-state index is 5.68. The van der Waals surface area contributed by atoms with Gasteiger partial charge in [-0.1, -0.05) is 0 Å². The van der Waals surface area contributed by atoms with Gasteiger partial charge in [-0.3, -0.25) is 10.6 Å². The Hall–Kier alpha value is -0.320. The number of hydrogen-bond acceptors (Lipinski definition) is 8. The summed E-state index contributed by atoms with van der Waals surface area (Å²) in [7, 11) is 7.36. The molecule has 3 fully saturated rings. The van der Waals surface area contributed by atoms with E-state index in [1.54, 1.807) is 21.3 Å². The molecule has 8 nitrogen and oxygen atoms in total. The van der Waals surface area contributed by atoms with Crippen LogP contribution in [0, 0.1) is 0 Å². The lowest BCUT2D eigenvalue weighted by Crippen LogP contribution is -2.60. The second-order valence-corrected chi connectivity index (χ2v) is 7.87. The fraction of sp³-hybridized carbons (Fsp3) is 1.00. The fourth-order valence-corrected chi connectivity index (χ4v) is 4.67. The monoisotopic (exact) mass is 371 g/mol. The zero-order valence-corrected chi connectivity index (χ0v) is 16.7. The number of methoxy groups -OCH3 is 3. The summed E-state index contributed by atoms with van der Waals surface area (Å²) in [5, 5.41) is 13.4. The van der Waals surface area contributed by atoms with Gasteiger partial charge in [-0.05, 0) is 38.6 Å². The summed E-state index contributed by atoms with van der Waals surface area (Å²) in [6.45, 7) is 2.14. The van der Waals surface area contributed by atoms with Crippen molar-refractivity contribution in [2.75, 3.05) is 41.5 Å². The Balaban J connectivity index is 1.49. The number of nitrogens with one attached hydrogen (secondary N) is 4. The molecule has 0 amide bonds. The van der Waals surface area contributed by atoms with E-state index in [-0.39, 0.29) is 18.3 Å². The molecule has 0 aromatic rings. The van der Waals surface area contributed by atoms with E-state index < -0.39 is 0 Å². The molecule has 2 saturated heterocycles. The van der Waals surface area contributed by atoms with Gasteiger partial charge >= 0.3 is 0 Å². The molecule has 0 bridgehead atoms. The summed E-state index contributed by atoms with van der Waals surface area (Å²) >= 11 is 0. The molecule has 3 rings (SSSR count). The minimum Gasteiger partial charge on any atom is -0.379 e. The summed E-state index contributed by atoms with van der Waals surface area (Å²) in [4.78, 5) is 0. The maximum absolute atomic E-state index is 5.68. The van der Waals surface area contributed by atoms with Crippen molar-refractivity contribution in [3.8, 4) is 0 Å². The third-order valence-corrected chi connectivity index (χ3v) is 6.05. The predicted molar refractivity (Wildman–Crippen MR) is 101 cm³/mol. The Bertz CT molecular complexity index is 416. The zero-order chi connectivity index (χ0) is 18.5. The fourth-order valence-electron chi connectivity index (χ4n) is 4.67. The van der Waals surface area contributed by atoms with Gasteiger partial charge in [0.2, 0.25) is 0 Å². The van der Waals surface area contributed by atoms with Crippen molar-refractivity contribution in [2.24, 2.45) is 0 Å². The van der Waals surface area contributed by atoms with Crippen molar-refractivity contribution in [2.45, 2.75) is 74.8 Å². The average molecular weight is 372 g/mol. The first-order chi connectivity index (χ1) is 12.6. The molecular weight excluding hydrogens is 334 g/mol. The van der Waals surface area contributed by atoms with Crippen LogP contribution in [-0.2, 0) is 14.2 Å². The molecule has 0 aromatic carbocycles. The van der Waals surface area contributed by atoms with Crippen LogP contribution in [0.2, 0.25) is 0 Å². The maximum Gasteiger partial charge on any atom is 0.109 e. The van der Waals surface area contributed by atoms with Gasteiger partial charge in [0.05, 0.1) is 24.5 Å². The van der Waals surface area contributed by atoms with Crippen molar-refractivity contribution in [1.82, 2.24) is 26.4 Å². The number of hydrogen-bond donors (Lipinski definition) is 4. The Morgan fingerprint density at radius 3 is 2.12 bits per heavy atom. The molecule has 1 saturated carbocycles. The first kappa shape index (κ1) is 20.4. The molecule has 26 heavy (non-hydrogen) atoms. The Kier molecular flexibility index (Phi) is 7.65. The summed E-state index contributed by atoms with van der Waals surface area (Å²) in [5.74, 6) is 0. The molecule has 3 aliphatic rings. The van der Waals surface area contributed by atoms with Crippen LogP contribution >= 0.6 is 0 Å². The molecular formula is C18H37N5O3. The minimum absolute atomic E-state index is 0.00205.